The number of carbonyl (C=O) groups excluding carboxylic acids is 1. The van der Waals surface area contributed by atoms with Crippen LogP contribution in [-0.4, -0.2) is 25.6 Å². The highest BCUT2D eigenvalue weighted by atomic mass is 16.5. The van der Waals surface area contributed by atoms with Gasteiger partial charge in [-0.25, -0.2) is 0 Å². The van der Waals surface area contributed by atoms with E-state index in [4.69, 9.17) is 10.5 Å². The van der Waals surface area contributed by atoms with E-state index in [1.54, 1.807) is 7.11 Å². The zero-order chi connectivity index (χ0) is 13.0. The third-order valence-corrected chi connectivity index (χ3v) is 3.53. The third-order valence-electron chi connectivity index (χ3n) is 3.53. The summed E-state index contributed by atoms with van der Waals surface area (Å²) >= 11 is 0. The number of primary amides is 1. The van der Waals surface area contributed by atoms with Crippen LogP contribution >= 0.6 is 0 Å². The van der Waals surface area contributed by atoms with Crippen molar-refractivity contribution in [3.05, 3.63) is 29.8 Å². The minimum Gasteiger partial charge on any atom is -0.496 e. The number of hydrogen-bond acceptors (Lipinski definition) is 3. The van der Waals surface area contributed by atoms with Crippen molar-refractivity contribution in [1.29, 1.82) is 0 Å². The molecule has 0 spiro atoms. The zero-order valence-corrected chi connectivity index (χ0v) is 10.7. The van der Waals surface area contributed by atoms with E-state index in [1.165, 1.54) is 0 Å². The second-order valence-electron chi connectivity index (χ2n) is 4.68. The Hall–Kier alpha value is -1.55. The maximum absolute atomic E-state index is 11.8. The summed E-state index contributed by atoms with van der Waals surface area (Å²) in [6.07, 6.45) is 3.27. The predicted molar refractivity (Wildman–Crippen MR) is 70.6 cm³/mol. The third kappa shape index (κ3) is 2.64. The summed E-state index contributed by atoms with van der Waals surface area (Å²) in [5, 5.41) is 3.39. The van der Waals surface area contributed by atoms with E-state index in [1.807, 2.05) is 24.3 Å². The van der Waals surface area contributed by atoms with Gasteiger partial charge in [-0.3, -0.25) is 4.79 Å². The van der Waals surface area contributed by atoms with E-state index in [9.17, 15) is 4.79 Å². The molecule has 18 heavy (non-hydrogen) atoms. The minimum absolute atomic E-state index is 0.118. The molecule has 1 aromatic carbocycles. The molecule has 1 amide bonds. The number of amides is 1. The van der Waals surface area contributed by atoms with E-state index in [-0.39, 0.29) is 17.9 Å². The van der Waals surface area contributed by atoms with Crippen LogP contribution in [0, 0.1) is 0 Å². The molecule has 4 nitrogen and oxygen atoms in total. The van der Waals surface area contributed by atoms with Gasteiger partial charge in [-0.2, -0.15) is 0 Å². The molecule has 98 valence electrons. The highest BCUT2D eigenvalue weighted by Crippen LogP contribution is 2.31. The molecule has 0 saturated carbocycles. The molecule has 1 saturated heterocycles. The standard InChI is InChI=1S/C14H20N2O2/c1-18-12-8-3-2-6-10(12)13(14(15)17)11-7-4-5-9-16-11/h2-3,6,8,11,13,16H,4-5,7,9H2,1H3,(H2,15,17). The Bertz CT molecular complexity index is 414. The van der Waals surface area contributed by atoms with E-state index < -0.39 is 0 Å². The Labute approximate surface area is 108 Å². The molecule has 1 aliphatic rings. The lowest BCUT2D eigenvalue weighted by molar-refractivity contribution is -0.120. The molecule has 2 rings (SSSR count). The molecular weight excluding hydrogens is 228 g/mol. The number of rotatable bonds is 4. The Morgan fingerprint density at radius 3 is 2.83 bits per heavy atom. The second kappa shape index (κ2) is 5.87. The molecular formula is C14H20N2O2. The second-order valence-corrected chi connectivity index (χ2v) is 4.68. The number of para-hydroxylation sites is 1. The summed E-state index contributed by atoms with van der Waals surface area (Å²) in [7, 11) is 1.62. The maximum atomic E-state index is 11.8. The van der Waals surface area contributed by atoms with Gasteiger partial charge >= 0.3 is 0 Å². The molecule has 0 bridgehead atoms. The van der Waals surface area contributed by atoms with Crippen LogP contribution in [0.15, 0.2) is 24.3 Å². The number of ether oxygens (including phenoxy) is 1. The average molecular weight is 248 g/mol. The van der Waals surface area contributed by atoms with Crippen molar-refractivity contribution < 1.29 is 9.53 Å². The fraction of sp³-hybridized carbons (Fsp3) is 0.500. The van der Waals surface area contributed by atoms with Crippen LogP contribution in [0.5, 0.6) is 5.75 Å². The lowest BCUT2D eigenvalue weighted by Crippen LogP contribution is -2.44. The molecule has 2 unspecified atom stereocenters. The van der Waals surface area contributed by atoms with Gasteiger partial charge in [0.15, 0.2) is 0 Å². The molecule has 3 N–H and O–H groups in total. The molecule has 0 aromatic heterocycles. The summed E-state index contributed by atoms with van der Waals surface area (Å²) < 4.78 is 5.33. The monoisotopic (exact) mass is 248 g/mol. The Balaban J connectivity index is 2.31. The van der Waals surface area contributed by atoms with E-state index in [0.717, 1.165) is 37.1 Å². The van der Waals surface area contributed by atoms with Gasteiger partial charge < -0.3 is 15.8 Å². The highest BCUT2D eigenvalue weighted by Gasteiger charge is 2.31. The van der Waals surface area contributed by atoms with Crippen LogP contribution in [0.4, 0.5) is 0 Å². The summed E-state index contributed by atoms with van der Waals surface area (Å²) in [6, 6.07) is 7.72. The molecule has 1 heterocycles. The molecule has 0 radical (unpaired) electrons. The molecule has 2 atom stereocenters. The van der Waals surface area contributed by atoms with Gasteiger partial charge in [0.05, 0.1) is 13.0 Å². The first-order valence-electron chi connectivity index (χ1n) is 6.39. The van der Waals surface area contributed by atoms with Crippen molar-refractivity contribution in [3.63, 3.8) is 0 Å². The lowest BCUT2D eigenvalue weighted by atomic mass is 9.85. The molecule has 1 fully saturated rings. The van der Waals surface area contributed by atoms with Crippen LogP contribution < -0.4 is 15.8 Å². The summed E-state index contributed by atoms with van der Waals surface area (Å²) in [4.78, 5) is 11.8. The SMILES string of the molecule is COc1ccccc1C(C(N)=O)C1CCCCN1. The number of hydrogen-bond donors (Lipinski definition) is 2. The number of carbonyl (C=O) groups is 1. The number of benzene rings is 1. The Morgan fingerprint density at radius 2 is 2.22 bits per heavy atom. The smallest absolute Gasteiger partial charge is 0.226 e. The minimum atomic E-state index is -0.318. The Kier molecular flexibility index (Phi) is 4.20. The van der Waals surface area contributed by atoms with Crippen LogP contribution in [0.3, 0.4) is 0 Å². The first-order chi connectivity index (χ1) is 8.74. The van der Waals surface area contributed by atoms with E-state index in [2.05, 4.69) is 5.32 Å². The van der Waals surface area contributed by atoms with Gasteiger partial charge in [-0.05, 0) is 25.5 Å². The van der Waals surface area contributed by atoms with Crippen molar-refractivity contribution in [2.75, 3.05) is 13.7 Å². The van der Waals surface area contributed by atoms with Gasteiger partial charge in [0.2, 0.25) is 5.91 Å². The van der Waals surface area contributed by atoms with Crippen molar-refractivity contribution in [2.45, 2.75) is 31.2 Å². The first kappa shape index (κ1) is 12.9. The molecule has 4 heteroatoms. The zero-order valence-electron chi connectivity index (χ0n) is 10.7. The summed E-state index contributed by atoms with van der Waals surface area (Å²) in [6.45, 7) is 0.948. The Morgan fingerprint density at radius 1 is 1.44 bits per heavy atom. The summed E-state index contributed by atoms with van der Waals surface area (Å²) in [5.41, 5.74) is 6.47. The van der Waals surface area contributed by atoms with Crippen LogP contribution in [-0.2, 0) is 4.79 Å². The van der Waals surface area contributed by atoms with Gasteiger partial charge in [0.25, 0.3) is 0 Å². The van der Waals surface area contributed by atoms with Crippen molar-refractivity contribution in [3.8, 4) is 5.75 Å². The number of nitrogens with one attached hydrogen (secondary N) is 1. The first-order valence-corrected chi connectivity index (χ1v) is 6.39. The van der Waals surface area contributed by atoms with Crippen LogP contribution in [0.25, 0.3) is 0 Å². The van der Waals surface area contributed by atoms with Crippen molar-refractivity contribution in [2.24, 2.45) is 5.73 Å². The van der Waals surface area contributed by atoms with Crippen LogP contribution in [0.1, 0.15) is 30.7 Å². The van der Waals surface area contributed by atoms with E-state index in [0.29, 0.717) is 0 Å². The van der Waals surface area contributed by atoms with Gasteiger partial charge in [-0.15, -0.1) is 0 Å². The van der Waals surface area contributed by atoms with Crippen LogP contribution in [0.2, 0.25) is 0 Å². The topological polar surface area (TPSA) is 64.3 Å². The number of nitrogens with two attached hydrogens (primary N) is 1. The van der Waals surface area contributed by atoms with Gasteiger partial charge in [0, 0.05) is 11.6 Å². The van der Waals surface area contributed by atoms with Crippen molar-refractivity contribution >= 4 is 5.91 Å². The average Bonchev–Trinajstić information content (AvgIpc) is 2.40. The maximum Gasteiger partial charge on any atom is 0.226 e. The van der Waals surface area contributed by atoms with Gasteiger partial charge in [-0.1, -0.05) is 24.6 Å². The summed E-state index contributed by atoms with van der Waals surface area (Å²) in [5.74, 6) is 0.119. The largest absolute Gasteiger partial charge is 0.496 e. The highest BCUT2D eigenvalue weighted by molar-refractivity contribution is 5.83. The fourth-order valence-corrected chi connectivity index (χ4v) is 2.65. The molecule has 0 aliphatic carbocycles. The van der Waals surface area contributed by atoms with Crippen molar-refractivity contribution in [1.82, 2.24) is 5.32 Å². The molecule has 1 aromatic rings. The van der Waals surface area contributed by atoms with Gasteiger partial charge in [0.1, 0.15) is 5.75 Å². The quantitative estimate of drug-likeness (QED) is 0.846. The predicted octanol–water partition coefficient (Wildman–Crippen LogP) is 1.41. The fourth-order valence-electron chi connectivity index (χ4n) is 2.65. The number of piperidine rings is 1. The lowest BCUT2D eigenvalue weighted by Gasteiger charge is -2.30. The van der Waals surface area contributed by atoms with E-state index >= 15 is 0 Å². The molecule has 1 aliphatic heterocycles. The normalized spacial score (nSPS) is 21.3. The number of methoxy groups -OCH3 is 1.